The molecule has 22 heavy (non-hydrogen) atoms. The van der Waals surface area contributed by atoms with Crippen molar-refractivity contribution in [2.75, 3.05) is 6.61 Å². The molecule has 0 radical (unpaired) electrons. The van der Waals surface area contributed by atoms with Crippen molar-refractivity contribution in [1.29, 1.82) is 5.26 Å². The van der Waals surface area contributed by atoms with E-state index in [1.54, 1.807) is 18.2 Å². The maximum atomic E-state index is 13.4. The van der Waals surface area contributed by atoms with Crippen LogP contribution in [0.2, 0.25) is 0 Å². The molecule has 2 nitrogen and oxygen atoms in total. The molecule has 0 fully saturated rings. The number of nitrogens with zero attached hydrogens (tertiary/aromatic N) is 1. The van der Waals surface area contributed by atoms with E-state index in [-0.39, 0.29) is 17.5 Å². The summed E-state index contributed by atoms with van der Waals surface area (Å²) < 4.78 is 18.9. The second-order valence-corrected chi connectivity index (χ2v) is 5.57. The third-order valence-corrected chi connectivity index (χ3v) is 3.66. The molecule has 0 aliphatic heterocycles. The van der Waals surface area contributed by atoms with Gasteiger partial charge in [0.1, 0.15) is 0 Å². The molecule has 0 bridgehead atoms. The topological polar surface area (TPSA) is 33.0 Å². The van der Waals surface area contributed by atoms with Gasteiger partial charge in [-0.05, 0) is 29.2 Å². The molecule has 0 spiro atoms. The summed E-state index contributed by atoms with van der Waals surface area (Å²) in [7, 11) is 0. The van der Waals surface area contributed by atoms with Crippen LogP contribution in [-0.2, 0) is 0 Å². The highest BCUT2D eigenvalue weighted by atomic mass is 19.1. The van der Waals surface area contributed by atoms with Gasteiger partial charge in [0.05, 0.1) is 18.6 Å². The maximum Gasteiger partial charge on any atom is 0.165 e. The summed E-state index contributed by atoms with van der Waals surface area (Å²) in [6.45, 7) is 4.59. The standard InChI is InChI=1S/C19H20FNO/c1-14(2)15-7-9-16(10-8-15)17(13-21)11-12-22-19-6-4-3-5-18(19)20/h3-10,14,17H,11-12H2,1-2H3. The average molecular weight is 297 g/mol. The number of benzene rings is 2. The van der Waals surface area contributed by atoms with Crippen LogP contribution in [0.3, 0.4) is 0 Å². The molecule has 0 saturated heterocycles. The highest BCUT2D eigenvalue weighted by molar-refractivity contribution is 5.30. The number of nitriles is 1. The number of halogens is 1. The zero-order chi connectivity index (χ0) is 15.9. The first-order chi connectivity index (χ1) is 10.6. The fraction of sp³-hybridized carbons (Fsp3) is 0.316. The van der Waals surface area contributed by atoms with Crippen LogP contribution in [0.1, 0.15) is 43.2 Å². The van der Waals surface area contributed by atoms with Crippen LogP contribution in [0, 0.1) is 17.1 Å². The highest BCUT2D eigenvalue weighted by Gasteiger charge is 2.12. The van der Waals surface area contributed by atoms with Gasteiger partial charge in [-0.15, -0.1) is 0 Å². The quantitative estimate of drug-likeness (QED) is 0.749. The summed E-state index contributed by atoms with van der Waals surface area (Å²) in [5.74, 6) is 0.0820. The summed E-state index contributed by atoms with van der Waals surface area (Å²) >= 11 is 0. The Balaban J connectivity index is 1.95. The molecule has 1 atom stereocenters. The largest absolute Gasteiger partial charge is 0.490 e. The van der Waals surface area contributed by atoms with E-state index in [0.29, 0.717) is 18.9 Å². The van der Waals surface area contributed by atoms with Crippen LogP contribution in [0.4, 0.5) is 4.39 Å². The summed E-state index contributed by atoms with van der Waals surface area (Å²) in [5.41, 5.74) is 2.23. The minimum atomic E-state index is -0.378. The van der Waals surface area contributed by atoms with Gasteiger partial charge in [0.15, 0.2) is 11.6 Å². The van der Waals surface area contributed by atoms with E-state index < -0.39 is 0 Å². The third kappa shape index (κ3) is 4.08. The molecule has 0 N–H and O–H groups in total. The van der Waals surface area contributed by atoms with Crippen LogP contribution in [-0.4, -0.2) is 6.61 Å². The Labute approximate surface area is 131 Å². The van der Waals surface area contributed by atoms with E-state index in [1.165, 1.54) is 11.6 Å². The van der Waals surface area contributed by atoms with Gasteiger partial charge in [-0.3, -0.25) is 0 Å². The Morgan fingerprint density at radius 2 is 1.68 bits per heavy atom. The number of para-hydroxylation sites is 1. The van der Waals surface area contributed by atoms with Gasteiger partial charge in [0.2, 0.25) is 0 Å². The van der Waals surface area contributed by atoms with Crippen LogP contribution >= 0.6 is 0 Å². The third-order valence-electron chi connectivity index (χ3n) is 3.66. The lowest BCUT2D eigenvalue weighted by Gasteiger charge is -2.12. The normalized spacial score (nSPS) is 12.0. The van der Waals surface area contributed by atoms with E-state index in [1.807, 2.05) is 12.1 Å². The number of ether oxygens (including phenoxy) is 1. The molecule has 0 amide bonds. The summed E-state index contributed by atoms with van der Waals surface area (Å²) in [5, 5.41) is 9.33. The first kappa shape index (κ1) is 16.0. The Hall–Kier alpha value is -2.34. The minimum absolute atomic E-state index is 0.231. The molecule has 0 aliphatic rings. The maximum absolute atomic E-state index is 13.4. The van der Waals surface area contributed by atoms with Crippen molar-refractivity contribution < 1.29 is 9.13 Å². The lowest BCUT2D eigenvalue weighted by molar-refractivity contribution is 0.291. The first-order valence-electron chi connectivity index (χ1n) is 7.48. The van der Waals surface area contributed by atoms with E-state index >= 15 is 0 Å². The predicted octanol–water partition coefficient (Wildman–Crippen LogP) is 5.03. The molecular formula is C19H20FNO. The molecular weight excluding hydrogens is 277 g/mol. The lowest BCUT2D eigenvalue weighted by Crippen LogP contribution is -2.05. The van der Waals surface area contributed by atoms with E-state index in [9.17, 15) is 9.65 Å². The molecule has 2 rings (SSSR count). The van der Waals surface area contributed by atoms with Crippen LogP contribution in [0.25, 0.3) is 0 Å². The molecule has 114 valence electrons. The van der Waals surface area contributed by atoms with Crippen molar-refractivity contribution in [3.8, 4) is 11.8 Å². The molecule has 0 saturated carbocycles. The summed E-state index contributed by atoms with van der Waals surface area (Å²) in [6.07, 6.45) is 0.534. The molecule has 0 aromatic heterocycles. The van der Waals surface area contributed by atoms with Crippen LogP contribution in [0.5, 0.6) is 5.75 Å². The van der Waals surface area contributed by atoms with Crippen molar-refractivity contribution in [1.82, 2.24) is 0 Å². The highest BCUT2D eigenvalue weighted by Crippen LogP contribution is 2.23. The molecule has 0 aliphatic carbocycles. The average Bonchev–Trinajstić information content (AvgIpc) is 2.53. The Morgan fingerprint density at radius 3 is 2.27 bits per heavy atom. The van der Waals surface area contributed by atoms with Gasteiger partial charge in [-0.2, -0.15) is 5.26 Å². The Kier molecular flexibility index (Phi) is 5.55. The van der Waals surface area contributed by atoms with Crippen molar-refractivity contribution in [2.45, 2.75) is 32.1 Å². The van der Waals surface area contributed by atoms with Crippen molar-refractivity contribution in [3.63, 3.8) is 0 Å². The van der Waals surface area contributed by atoms with Crippen molar-refractivity contribution >= 4 is 0 Å². The number of hydrogen-bond acceptors (Lipinski definition) is 2. The van der Waals surface area contributed by atoms with Crippen LogP contribution < -0.4 is 4.74 Å². The SMILES string of the molecule is CC(C)c1ccc(C(C#N)CCOc2ccccc2F)cc1. The first-order valence-corrected chi connectivity index (χ1v) is 7.48. The monoisotopic (exact) mass is 297 g/mol. The summed E-state index contributed by atoms with van der Waals surface area (Å²) in [6, 6.07) is 16.7. The van der Waals surface area contributed by atoms with E-state index in [4.69, 9.17) is 4.74 Å². The van der Waals surface area contributed by atoms with Gasteiger partial charge in [-0.25, -0.2) is 4.39 Å². The molecule has 2 aromatic rings. The van der Waals surface area contributed by atoms with Crippen molar-refractivity contribution in [2.24, 2.45) is 0 Å². The van der Waals surface area contributed by atoms with Crippen LogP contribution in [0.15, 0.2) is 48.5 Å². The Bertz CT molecular complexity index is 643. The molecule has 0 heterocycles. The fourth-order valence-electron chi connectivity index (χ4n) is 2.27. The number of rotatable bonds is 6. The molecule has 3 heteroatoms. The van der Waals surface area contributed by atoms with Gasteiger partial charge in [-0.1, -0.05) is 50.2 Å². The Morgan fingerprint density at radius 1 is 1.05 bits per heavy atom. The van der Waals surface area contributed by atoms with Gasteiger partial charge < -0.3 is 4.74 Å². The van der Waals surface area contributed by atoms with Gasteiger partial charge in [0, 0.05) is 6.42 Å². The predicted molar refractivity (Wildman–Crippen MR) is 85.4 cm³/mol. The fourth-order valence-corrected chi connectivity index (χ4v) is 2.27. The zero-order valence-corrected chi connectivity index (χ0v) is 12.9. The van der Waals surface area contributed by atoms with Gasteiger partial charge in [0.25, 0.3) is 0 Å². The van der Waals surface area contributed by atoms with E-state index in [2.05, 4.69) is 32.0 Å². The second kappa shape index (κ2) is 7.61. The smallest absolute Gasteiger partial charge is 0.165 e. The molecule has 1 unspecified atom stereocenters. The van der Waals surface area contributed by atoms with Crippen molar-refractivity contribution in [3.05, 3.63) is 65.5 Å². The summed E-state index contributed by atoms with van der Waals surface area (Å²) in [4.78, 5) is 0. The minimum Gasteiger partial charge on any atom is -0.490 e. The lowest BCUT2D eigenvalue weighted by atomic mass is 9.94. The van der Waals surface area contributed by atoms with E-state index in [0.717, 1.165) is 5.56 Å². The zero-order valence-electron chi connectivity index (χ0n) is 12.9. The second-order valence-electron chi connectivity index (χ2n) is 5.57. The van der Waals surface area contributed by atoms with Gasteiger partial charge >= 0.3 is 0 Å². The number of hydrogen-bond donors (Lipinski definition) is 0. The molecule has 2 aromatic carbocycles.